The summed E-state index contributed by atoms with van der Waals surface area (Å²) in [6.45, 7) is 13.9. The molecule has 106 valence electrons. The summed E-state index contributed by atoms with van der Waals surface area (Å²) in [5, 5.41) is 3.55. The average Bonchev–Trinajstić information content (AvgIpc) is 2.05. The number of nitrogens with zero attached hydrogens (tertiary/aromatic N) is 1. The van der Waals surface area contributed by atoms with E-state index in [2.05, 4.69) is 26.1 Å². The van der Waals surface area contributed by atoms with Crippen LogP contribution in [0.1, 0.15) is 48.0 Å². The van der Waals surface area contributed by atoms with Crippen LogP contribution in [0, 0.1) is 5.92 Å². The zero-order chi connectivity index (χ0) is 13.9. The maximum atomic E-state index is 11.7. The number of likely N-dealkylation sites (tertiary alicyclic amines) is 1. The maximum Gasteiger partial charge on any atom is 0.410 e. The van der Waals surface area contributed by atoms with Crippen molar-refractivity contribution in [3.8, 4) is 0 Å². The van der Waals surface area contributed by atoms with Crippen LogP contribution in [0.2, 0.25) is 0 Å². The third kappa shape index (κ3) is 5.25. The highest BCUT2D eigenvalue weighted by atomic mass is 16.6. The molecule has 0 bridgehead atoms. The predicted molar refractivity (Wildman–Crippen MR) is 73.6 cm³/mol. The van der Waals surface area contributed by atoms with Gasteiger partial charge in [-0.2, -0.15) is 0 Å². The standard InChI is InChI=1S/C14H28N2O2/c1-10(2)7-11(3)15-12-8-16(9-12)13(17)18-14(4,5)6/h10-12,15H,7-9H2,1-6H3. The Morgan fingerprint density at radius 3 is 2.33 bits per heavy atom. The second kappa shape index (κ2) is 5.91. The Hall–Kier alpha value is -0.770. The molecular weight excluding hydrogens is 228 g/mol. The molecule has 18 heavy (non-hydrogen) atoms. The zero-order valence-corrected chi connectivity index (χ0v) is 12.6. The molecule has 1 saturated heterocycles. The fraction of sp³-hybridized carbons (Fsp3) is 0.929. The van der Waals surface area contributed by atoms with Crippen molar-refractivity contribution in [1.82, 2.24) is 10.2 Å². The SMILES string of the molecule is CC(C)CC(C)NC1CN(C(=O)OC(C)(C)C)C1. The van der Waals surface area contributed by atoms with Crippen molar-refractivity contribution < 1.29 is 9.53 Å². The van der Waals surface area contributed by atoms with E-state index in [1.165, 1.54) is 6.42 Å². The molecule has 4 heteroatoms. The third-order valence-electron chi connectivity index (χ3n) is 2.88. The molecule has 0 aromatic heterocycles. The van der Waals surface area contributed by atoms with Crippen LogP contribution < -0.4 is 5.32 Å². The van der Waals surface area contributed by atoms with Crippen LogP contribution in [-0.4, -0.2) is 41.8 Å². The summed E-state index contributed by atoms with van der Waals surface area (Å²) >= 11 is 0. The van der Waals surface area contributed by atoms with Crippen LogP contribution in [0.3, 0.4) is 0 Å². The van der Waals surface area contributed by atoms with E-state index in [0.717, 1.165) is 13.1 Å². The van der Waals surface area contributed by atoms with E-state index in [9.17, 15) is 4.79 Å². The fourth-order valence-electron chi connectivity index (χ4n) is 2.24. The molecule has 1 rings (SSSR count). The summed E-state index contributed by atoms with van der Waals surface area (Å²) in [7, 11) is 0. The van der Waals surface area contributed by atoms with Crippen molar-refractivity contribution in [1.29, 1.82) is 0 Å². The van der Waals surface area contributed by atoms with Gasteiger partial charge >= 0.3 is 6.09 Å². The first-order chi connectivity index (χ1) is 8.17. The van der Waals surface area contributed by atoms with Crippen LogP contribution in [0.5, 0.6) is 0 Å². The van der Waals surface area contributed by atoms with E-state index in [1.807, 2.05) is 20.8 Å². The first kappa shape index (κ1) is 15.3. The third-order valence-corrected chi connectivity index (χ3v) is 2.88. The van der Waals surface area contributed by atoms with Crippen LogP contribution in [0.25, 0.3) is 0 Å². The number of carbonyl (C=O) groups excluding carboxylic acids is 1. The first-order valence-corrected chi connectivity index (χ1v) is 6.91. The van der Waals surface area contributed by atoms with E-state index in [0.29, 0.717) is 18.0 Å². The lowest BCUT2D eigenvalue weighted by atomic mass is 10.0. The fourth-order valence-corrected chi connectivity index (χ4v) is 2.24. The van der Waals surface area contributed by atoms with Gasteiger partial charge in [0.1, 0.15) is 5.60 Å². The van der Waals surface area contributed by atoms with Gasteiger partial charge in [0.05, 0.1) is 0 Å². The van der Waals surface area contributed by atoms with Gasteiger partial charge in [-0.1, -0.05) is 13.8 Å². The quantitative estimate of drug-likeness (QED) is 0.840. The minimum atomic E-state index is -0.402. The molecule has 0 aliphatic carbocycles. The number of hydrogen-bond acceptors (Lipinski definition) is 3. The summed E-state index contributed by atoms with van der Waals surface area (Å²) in [5.74, 6) is 0.703. The van der Waals surface area contributed by atoms with Crippen LogP contribution in [-0.2, 0) is 4.74 Å². The second-order valence-electron chi connectivity index (χ2n) is 6.78. The maximum absolute atomic E-state index is 11.7. The normalized spacial score (nSPS) is 18.7. The van der Waals surface area contributed by atoms with Crippen molar-refractivity contribution in [3.63, 3.8) is 0 Å². The van der Waals surface area contributed by atoms with Crippen molar-refractivity contribution in [2.45, 2.75) is 65.6 Å². The Balaban J connectivity index is 2.21. The molecule has 1 heterocycles. The van der Waals surface area contributed by atoms with E-state index in [4.69, 9.17) is 4.74 Å². The van der Waals surface area contributed by atoms with E-state index >= 15 is 0 Å². The van der Waals surface area contributed by atoms with E-state index in [-0.39, 0.29) is 6.09 Å². The Kier molecular flexibility index (Phi) is 5.02. The molecule has 4 nitrogen and oxygen atoms in total. The van der Waals surface area contributed by atoms with Gasteiger partial charge in [-0.3, -0.25) is 0 Å². The van der Waals surface area contributed by atoms with Gasteiger partial charge < -0.3 is 15.0 Å². The second-order valence-corrected chi connectivity index (χ2v) is 6.78. The molecule has 1 fully saturated rings. The molecule has 1 aliphatic rings. The minimum Gasteiger partial charge on any atom is -0.444 e. The summed E-state index contributed by atoms with van der Waals surface area (Å²) in [5.41, 5.74) is -0.402. The summed E-state index contributed by atoms with van der Waals surface area (Å²) in [6, 6.07) is 0.932. The van der Waals surface area contributed by atoms with Crippen molar-refractivity contribution >= 4 is 6.09 Å². The molecule has 0 saturated carbocycles. The molecule has 1 aliphatic heterocycles. The largest absolute Gasteiger partial charge is 0.444 e. The van der Waals surface area contributed by atoms with Crippen LogP contribution >= 0.6 is 0 Å². The number of hydrogen-bond donors (Lipinski definition) is 1. The first-order valence-electron chi connectivity index (χ1n) is 6.91. The Morgan fingerprint density at radius 1 is 1.33 bits per heavy atom. The van der Waals surface area contributed by atoms with Crippen molar-refractivity contribution in [3.05, 3.63) is 0 Å². The van der Waals surface area contributed by atoms with Crippen LogP contribution in [0.4, 0.5) is 4.79 Å². The van der Waals surface area contributed by atoms with Gasteiger partial charge in [-0.05, 0) is 40.0 Å². The number of amides is 1. The van der Waals surface area contributed by atoms with Gasteiger partial charge in [0.2, 0.25) is 0 Å². The predicted octanol–water partition coefficient (Wildman–Crippen LogP) is 2.63. The Morgan fingerprint density at radius 2 is 1.89 bits per heavy atom. The number of ether oxygens (including phenoxy) is 1. The van der Waals surface area contributed by atoms with Crippen molar-refractivity contribution in [2.24, 2.45) is 5.92 Å². The lowest BCUT2D eigenvalue weighted by molar-refractivity contribution is 0.00411. The molecule has 1 N–H and O–H groups in total. The zero-order valence-electron chi connectivity index (χ0n) is 12.6. The monoisotopic (exact) mass is 256 g/mol. The lowest BCUT2D eigenvalue weighted by Gasteiger charge is -2.41. The minimum absolute atomic E-state index is 0.197. The summed E-state index contributed by atoms with van der Waals surface area (Å²) < 4.78 is 5.32. The summed E-state index contributed by atoms with van der Waals surface area (Å²) in [4.78, 5) is 13.5. The van der Waals surface area contributed by atoms with Gasteiger partial charge in [0.25, 0.3) is 0 Å². The molecule has 0 radical (unpaired) electrons. The highest BCUT2D eigenvalue weighted by molar-refractivity contribution is 5.69. The number of carbonyl (C=O) groups is 1. The average molecular weight is 256 g/mol. The van der Waals surface area contributed by atoms with Gasteiger partial charge in [0, 0.05) is 25.2 Å². The van der Waals surface area contributed by atoms with Gasteiger partial charge in [0.15, 0.2) is 0 Å². The lowest BCUT2D eigenvalue weighted by Crippen LogP contribution is -2.62. The van der Waals surface area contributed by atoms with Gasteiger partial charge in [-0.15, -0.1) is 0 Å². The number of nitrogens with one attached hydrogen (secondary N) is 1. The van der Waals surface area contributed by atoms with E-state index < -0.39 is 5.60 Å². The van der Waals surface area contributed by atoms with Gasteiger partial charge in [-0.25, -0.2) is 4.79 Å². The number of rotatable bonds is 4. The molecule has 0 spiro atoms. The van der Waals surface area contributed by atoms with Crippen molar-refractivity contribution in [2.75, 3.05) is 13.1 Å². The topological polar surface area (TPSA) is 41.6 Å². The molecule has 1 atom stereocenters. The highest BCUT2D eigenvalue weighted by Gasteiger charge is 2.34. The molecule has 1 unspecified atom stereocenters. The molecular formula is C14H28N2O2. The Bertz CT molecular complexity index is 278. The van der Waals surface area contributed by atoms with Crippen LogP contribution in [0.15, 0.2) is 0 Å². The Labute approximate surface area is 111 Å². The summed E-state index contributed by atoms with van der Waals surface area (Å²) in [6.07, 6.45) is 0.972. The highest BCUT2D eigenvalue weighted by Crippen LogP contribution is 2.16. The smallest absolute Gasteiger partial charge is 0.410 e. The molecule has 1 amide bonds. The molecule has 0 aromatic rings. The molecule has 0 aromatic carbocycles. The van der Waals surface area contributed by atoms with E-state index in [1.54, 1.807) is 4.90 Å².